The summed E-state index contributed by atoms with van der Waals surface area (Å²) >= 11 is 0. The van der Waals surface area contributed by atoms with Gasteiger partial charge in [0.1, 0.15) is 0 Å². The maximum Gasteiger partial charge on any atom is 0.0543 e. The summed E-state index contributed by atoms with van der Waals surface area (Å²) in [7, 11) is 0. The van der Waals surface area contributed by atoms with E-state index in [9.17, 15) is 0 Å². The van der Waals surface area contributed by atoms with E-state index in [1.807, 2.05) is 0 Å². The van der Waals surface area contributed by atoms with Crippen LogP contribution >= 0.6 is 0 Å². The van der Waals surface area contributed by atoms with Gasteiger partial charge in [-0.1, -0.05) is 66.7 Å². The summed E-state index contributed by atoms with van der Waals surface area (Å²) < 4.78 is 2.40. The van der Waals surface area contributed by atoms with Gasteiger partial charge in [-0.15, -0.1) is 0 Å². The molecular weight excluding hydrogens is 290 g/mol. The molecule has 1 nitrogen and oxygen atoms in total. The van der Waals surface area contributed by atoms with Crippen LogP contribution in [0.2, 0.25) is 0 Å². The Labute approximate surface area is 140 Å². The van der Waals surface area contributed by atoms with Crippen molar-refractivity contribution in [2.24, 2.45) is 0 Å². The van der Waals surface area contributed by atoms with Crippen molar-refractivity contribution in [2.45, 2.75) is 6.92 Å². The predicted molar refractivity (Wildman–Crippen MR) is 103 cm³/mol. The Bertz CT molecular complexity index is 1210. The van der Waals surface area contributed by atoms with Crippen LogP contribution in [0.4, 0.5) is 0 Å². The number of nitrogens with zero attached hydrogens (tertiary/aromatic N) is 1. The van der Waals surface area contributed by atoms with Gasteiger partial charge in [-0.3, -0.25) is 0 Å². The molecule has 24 heavy (non-hydrogen) atoms. The SMILES string of the molecule is Cc1ccc2c3ccccc3n(-c3cccc4ccccc34)c2c1. The number of benzene rings is 4. The van der Waals surface area contributed by atoms with Gasteiger partial charge in [0.2, 0.25) is 0 Å². The van der Waals surface area contributed by atoms with E-state index in [-0.39, 0.29) is 0 Å². The topological polar surface area (TPSA) is 4.93 Å². The summed E-state index contributed by atoms with van der Waals surface area (Å²) in [6.45, 7) is 2.16. The summed E-state index contributed by atoms with van der Waals surface area (Å²) in [5.74, 6) is 0. The monoisotopic (exact) mass is 307 g/mol. The second-order valence-corrected chi connectivity index (χ2v) is 6.37. The summed E-state index contributed by atoms with van der Waals surface area (Å²) in [5.41, 5.74) is 5.05. The summed E-state index contributed by atoms with van der Waals surface area (Å²) in [6.07, 6.45) is 0. The van der Waals surface area contributed by atoms with E-state index in [0.717, 1.165) is 0 Å². The van der Waals surface area contributed by atoms with Crippen LogP contribution in [0.3, 0.4) is 0 Å². The van der Waals surface area contributed by atoms with E-state index in [1.54, 1.807) is 0 Å². The van der Waals surface area contributed by atoms with E-state index < -0.39 is 0 Å². The number of para-hydroxylation sites is 1. The van der Waals surface area contributed by atoms with Crippen molar-refractivity contribution in [3.63, 3.8) is 0 Å². The van der Waals surface area contributed by atoms with Crippen molar-refractivity contribution in [3.8, 4) is 5.69 Å². The van der Waals surface area contributed by atoms with Crippen molar-refractivity contribution < 1.29 is 0 Å². The summed E-state index contributed by atoms with van der Waals surface area (Å²) in [6, 6.07) is 30.6. The molecular formula is C23H17N. The van der Waals surface area contributed by atoms with Gasteiger partial charge < -0.3 is 4.57 Å². The Morgan fingerprint density at radius 2 is 1.29 bits per heavy atom. The molecule has 0 aliphatic carbocycles. The quantitative estimate of drug-likeness (QED) is 0.345. The van der Waals surface area contributed by atoms with Crippen LogP contribution in [0.5, 0.6) is 0 Å². The molecule has 0 atom stereocenters. The van der Waals surface area contributed by atoms with Crippen LogP contribution in [0.25, 0.3) is 38.3 Å². The highest BCUT2D eigenvalue weighted by atomic mass is 15.0. The van der Waals surface area contributed by atoms with E-state index in [2.05, 4.69) is 96.4 Å². The molecule has 0 saturated carbocycles. The maximum atomic E-state index is 2.40. The molecule has 0 bridgehead atoms. The maximum absolute atomic E-state index is 2.40. The Morgan fingerprint density at radius 1 is 0.583 bits per heavy atom. The van der Waals surface area contributed by atoms with Crippen LogP contribution in [-0.2, 0) is 0 Å². The number of fused-ring (bicyclic) bond motifs is 4. The second-order valence-electron chi connectivity index (χ2n) is 6.37. The molecule has 0 fully saturated rings. The van der Waals surface area contributed by atoms with Gasteiger partial charge in [0.25, 0.3) is 0 Å². The van der Waals surface area contributed by atoms with Gasteiger partial charge in [-0.25, -0.2) is 0 Å². The first kappa shape index (κ1) is 13.4. The Hall–Kier alpha value is -3.06. The number of hydrogen-bond donors (Lipinski definition) is 0. The minimum absolute atomic E-state index is 1.24. The van der Waals surface area contributed by atoms with Gasteiger partial charge in [0.15, 0.2) is 0 Å². The minimum atomic E-state index is 1.24. The highest BCUT2D eigenvalue weighted by Gasteiger charge is 2.13. The van der Waals surface area contributed by atoms with Crippen LogP contribution in [0.1, 0.15) is 5.56 Å². The minimum Gasteiger partial charge on any atom is -0.309 e. The van der Waals surface area contributed by atoms with Crippen LogP contribution in [-0.4, -0.2) is 4.57 Å². The third-order valence-corrected chi connectivity index (χ3v) is 4.84. The average molecular weight is 307 g/mol. The average Bonchev–Trinajstić information content (AvgIpc) is 2.94. The fraction of sp³-hybridized carbons (Fsp3) is 0.0435. The van der Waals surface area contributed by atoms with Gasteiger partial charge in [-0.2, -0.15) is 0 Å². The zero-order valence-electron chi connectivity index (χ0n) is 13.5. The Morgan fingerprint density at radius 3 is 2.21 bits per heavy atom. The Kier molecular flexibility index (Phi) is 2.77. The van der Waals surface area contributed by atoms with Gasteiger partial charge >= 0.3 is 0 Å². The molecule has 114 valence electrons. The fourth-order valence-electron chi connectivity index (χ4n) is 3.74. The number of hydrogen-bond acceptors (Lipinski definition) is 0. The molecule has 4 aromatic carbocycles. The molecule has 5 rings (SSSR count). The highest BCUT2D eigenvalue weighted by Crippen LogP contribution is 2.34. The van der Waals surface area contributed by atoms with Crippen molar-refractivity contribution in [1.82, 2.24) is 4.57 Å². The molecule has 0 aliphatic heterocycles. The normalized spacial score (nSPS) is 11.5. The zero-order chi connectivity index (χ0) is 16.1. The van der Waals surface area contributed by atoms with E-state index in [1.165, 1.54) is 43.8 Å². The van der Waals surface area contributed by atoms with Gasteiger partial charge in [-0.05, 0) is 36.1 Å². The first-order valence-corrected chi connectivity index (χ1v) is 8.31. The predicted octanol–water partition coefficient (Wildman–Crippen LogP) is 6.25. The third-order valence-electron chi connectivity index (χ3n) is 4.84. The molecule has 0 aliphatic rings. The second kappa shape index (κ2) is 4.97. The van der Waals surface area contributed by atoms with Crippen LogP contribution < -0.4 is 0 Å². The smallest absolute Gasteiger partial charge is 0.0543 e. The molecule has 5 aromatic rings. The molecule has 0 amide bonds. The molecule has 1 heteroatoms. The highest BCUT2D eigenvalue weighted by molar-refractivity contribution is 6.10. The first-order chi connectivity index (χ1) is 11.8. The number of aryl methyl sites for hydroxylation is 1. The standard InChI is InChI=1S/C23H17N/c1-16-13-14-20-19-10-4-5-11-22(19)24(23(20)15-16)21-12-6-8-17-7-2-3-9-18(17)21/h2-15H,1H3. The Balaban J connectivity index is 2.03. The lowest BCUT2D eigenvalue weighted by molar-refractivity contribution is 1.19. The first-order valence-electron chi connectivity index (χ1n) is 8.31. The van der Waals surface area contributed by atoms with Crippen molar-refractivity contribution in [2.75, 3.05) is 0 Å². The largest absolute Gasteiger partial charge is 0.309 e. The van der Waals surface area contributed by atoms with Crippen molar-refractivity contribution in [3.05, 3.63) is 90.5 Å². The van der Waals surface area contributed by atoms with E-state index in [0.29, 0.717) is 0 Å². The zero-order valence-corrected chi connectivity index (χ0v) is 13.5. The lowest BCUT2D eigenvalue weighted by atomic mass is 10.1. The molecule has 1 aromatic heterocycles. The van der Waals surface area contributed by atoms with Gasteiger partial charge in [0.05, 0.1) is 16.7 Å². The van der Waals surface area contributed by atoms with E-state index in [4.69, 9.17) is 0 Å². The lowest BCUT2D eigenvalue weighted by Crippen LogP contribution is -1.95. The van der Waals surface area contributed by atoms with Crippen LogP contribution in [0, 0.1) is 6.92 Å². The molecule has 1 heterocycles. The molecule has 0 unspecified atom stereocenters. The summed E-state index contributed by atoms with van der Waals surface area (Å²) in [5, 5.41) is 5.17. The van der Waals surface area contributed by atoms with Crippen LogP contribution in [0.15, 0.2) is 84.9 Å². The molecule has 0 radical (unpaired) electrons. The number of rotatable bonds is 1. The molecule has 0 saturated heterocycles. The summed E-state index contributed by atoms with van der Waals surface area (Å²) in [4.78, 5) is 0. The third kappa shape index (κ3) is 1.82. The number of aromatic nitrogens is 1. The van der Waals surface area contributed by atoms with Gasteiger partial charge in [0, 0.05) is 16.2 Å². The van der Waals surface area contributed by atoms with Crippen molar-refractivity contribution in [1.29, 1.82) is 0 Å². The van der Waals surface area contributed by atoms with E-state index >= 15 is 0 Å². The van der Waals surface area contributed by atoms with Crippen molar-refractivity contribution >= 4 is 32.6 Å². The molecule has 0 spiro atoms. The lowest BCUT2D eigenvalue weighted by Gasteiger charge is -2.11. The fourth-order valence-corrected chi connectivity index (χ4v) is 3.74. The molecule has 0 N–H and O–H groups in total.